The molecule has 0 aliphatic carbocycles. The van der Waals surface area contributed by atoms with E-state index in [1.54, 1.807) is 65.6 Å². The number of phenols is 1. The highest BCUT2D eigenvalue weighted by Crippen LogP contribution is 2.57. The van der Waals surface area contributed by atoms with E-state index in [-0.39, 0.29) is 80.0 Å². The number of rotatable bonds is 19. The molecule has 4 aromatic rings. The molecule has 11 rings (SSSR count). The first-order valence-electron chi connectivity index (χ1n) is 44.3. The van der Waals surface area contributed by atoms with E-state index in [4.69, 9.17) is 11.5 Å². The SMILES string of the molecule is C[C@H]1CSCC(=O)N2CC34CN5CC3(CN(C4)C(=O)CSC[C@H](NC(=O)[C@@H](C)NC(=O)[C@H](Cc3cccc4ccccc34)CC(=O)[C@H](CCC(=O)O)NC(=O)[C@H](CC(N)=O)NC(=O)[C@@H](C)NC1=O)C(=O)N[C@@H](CCC(=O)O)C(=O)N[C@@H](CC(=O)O)C(=O)N[C@@H](Cc1ccccc1)C(=O)N[C@@H](Cc1ccc(O)cc1)C(=O)N[C@@H](CC(=O)O)C(=O)N[C@@H](C(C)(C)C)C(=O)C[C@H](C(N)=O)CSCC5=O)C2. The third-order valence-corrected chi connectivity index (χ3v) is 27.8. The molecule has 137 heavy (non-hydrogen) atoms. The Morgan fingerprint density at radius 3 is 1.32 bits per heavy atom. The number of hydrogen-bond acceptors (Lipinski definition) is 26. The summed E-state index contributed by atoms with van der Waals surface area (Å²) in [6.07, 6.45) is -9.34. The number of primary amides is 2. The van der Waals surface area contributed by atoms with Crippen molar-refractivity contribution in [2.75, 3.05) is 73.8 Å². The topological polar surface area (TPSA) is 671 Å². The van der Waals surface area contributed by atoms with Crippen molar-refractivity contribution in [1.82, 2.24) is 73.2 Å². The minimum atomic E-state index is -2.25. The van der Waals surface area contributed by atoms with Crippen molar-refractivity contribution in [3.8, 4) is 5.75 Å². The van der Waals surface area contributed by atoms with Gasteiger partial charge in [0.25, 0.3) is 0 Å². The summed E-state index contributed by atoms with van der Waals surface area (Å²) in [5.74, 6) is -30.8. The van der Waals surface area contributed by atoms with Gasteiger partial charge in [-0.05, 0) is 78.1 Å². The fourth-order valence-corrected chi connectivity index (χ4v) is 20.1. The predicted octanol–water partition coefficient (Wildman–Crippen LogP) is -2.46. The molecule has 740 valence electrons. The lowest BCUT2D eigenvalue weighted by Gasteiger charge is -2.33. The average Bonchev–Trinajstić information content (AvgIpc) is 1.52. The van der Waals surface area contributed by atoms with Crippen LogP contribution in [0.4, 0.5) is 0 Å². The summed E-state index contributed by atoms with van der Waals surface area (Å²) in [7, 11) is 0. The van der Waals surface area contributed by atoms with Gasteiger partial charge in [-0.1, -0.05) is 113 Å². The number of fused-ring (bicyclic) bond motifs is 46. The molecule has 2 spiro atoms. The van der Waals surface area contributed by atoms with Crippen molar-refractivity contribution >= 4 is 176 Å². The highest BCUT2D eigenvalue weighted by atomic mass is 32.2. The first kappa shape index (κ1) is 107. The molecule has 7 fully saturated rings. The highest BCUT2D eigenvalue weighted by molar-refractivity contribution is 8.00. The molecule has 7 aliphatic heterocycles. The van der Waals surface area contributed by atoms with Crippen LogP contribution in [0.15, 0.2) is 97.1 Å². The molecule has 16 atom stereocenters. The van der Waals surface area contributed by atoms with Crippen LogP contribution < -0.4 is 70.0 Å². The van der Waals surface area contributed by atoms with E-state index in [0.29, 0.717) is 21.9 Å². The Balaban J connectivity index is 1.12. The van der Waals surface area contributed by atoms with Crippen LogP contribution in [0.2, 0.25) is 0 Å². The van der Waals surface area contributed by atoms with Gasteiger partial charge in [-0.3, -0.25) is 105 Å². The van der Waals surface area contributed by atoms with E-state index in [0.717, 1.165) is 42.2 Å². The summed E-state index contributed by atoms with van der Waals surface area (Å²) in [4.78, 5) is 317. The molecule has 0 saturated carbocycles. The van der Waals surface area contributed by atoms with Crippen LogP contribution in [-0.2, 0) is 125 Å². The van der Waals surface area contributed by atoms with Crippen LogP contribution in [0.5, 0.6) is 5.75 Å². The molecule has 0 radical (unpaired) electrons. The van der Waals surface area contributed by atoms with Crippen molar-refractivity contribution in [3.05, 3.63) is 114 Å². The van der Waals surface area contributed by atoms with Gasteiger partial charge in [-0.25, -0.2) is 0 Å². The number of aromatic hydroxyl groups is 1. The summed E-state index contributed by atoms with van der Waals surface area (Å²) in [6.45, 7) is 8.09. The second kappa shape index (κ2) is 48.5. The number of Topliss-reactive ketones (excluding diaryl/α,β-unsaturated/α-hetero) is 2. The number of thioether (sulfide) groups is 3. The van der Waals surface area contributed by atoms with Crippen molar-refractivity contribution in [2.45, 2.75) is 185 Å². The fraction of sp³-hybridized carbons (Fsp3) is 0.516. The summed E-state index contributed by atoms with van der Waals surface area (Å²) >= 11 is 2.74. The lowest BCUT2D eigenvalue weighted by Crippen LogP contribution is -2.61. The molecule has 4 aromatic carbocycles. The minimum absolute atomic E-state index is 0.0145. The number of nitrogens with one attached hydrogen (secondary N) is 11. The van der Waals surface area contributed by atoms with Gasteiger partial charge in [0.2, 0.25) is 94.5 Å². The number of phenolic OH excluding ortho intramolecular Hbond substituents is 1. The van der Waals surface area contributed by atoms with E-state index >= 15 is 24.0 Å². The smallest absolute Gasteiger partial charge is 0.305 e. The standard InChI is InChI=1S/C91H116N16O27S3/c1-47-35-135-38-69(112)105-41-90-43-106-44-91(90,42-105)46-107(45-90)71(114)40-137-37-65(103-80(126)49(3)95-81(127)54(29-53-17-12-16-52-15-10-11-18-57(52)53)30-66(109)58(23-25-72(115)116)96-85(131)62(32-68(92)111)98-79(125)48(2)94-78(47)124)88(134)97-59(24-26-73(117)118)82(128)101-63(33-74(119)120)86(132)100-60(27-50-13-8-7-9-14-50)83(129)99-61(28-51-19-21-56(108)22-20-51)84(130)102-64(34-75(121)122)87(133)104-76(89(4,5)6)67(110)31-55(77(93)123)36-136-39-70(106)113/h7-22,47-49,54-55,58-65,76,108H,23-46H2,1-6H3,(H2,92,111)(H2,93,123)(H,94,124)(H,95,127)(H,96,131)(H,97,134)(H,98,125)(H,99,129)(H,100,132)(H,101,128)(H,102,130)(H,103,126)(H,104,133)(H,115,116)(H,117,118)(H,119,120)(H,121,122)/t47-,48+,49+,54+,55-,58-,59-,60-,61-,62-,63-,64-,65-,76+,90?,91?/m0/s1. The lowest BCUT2D eigenvalue weighted by atomic mass is 9.71. The number of benzene rings is 4. The van der Waals surface area contributed by atoms with Gasteiger partial charge in [0.1, 0.15) is 60.1 Å². The van der Waals surface area contributed by atoms with Gasteiger partial charge < -0.3 is 110 Å². The molecule has 20 N–H and O–H groups in total. The van der Waals surface area contributed by atoms with E-state index in [2.05, 4.69) is 58.5 Å². The molecule has 16 amide bonds. The van der Waals surface area contributed by atoms with Crippen LogP contribution in [0.1, 0.15) is 116 Å². The largest absolute Gasteiger partial charge is 0.508 e. The Morgan fingerprint density at radius 2 is 0.818 bits per heavy atom. The summed E-state index contributed by atoms with van der Waals surface area (Å²) in [5, 5.41) is 79.0. The molecule has 0 aromatic heterocycles. The fourth-order valence-electron chi connectivity index (χ4n) is 17.1. The van der Waals surface area contributed by atoms with E-state index in [1.807, 2.05) is 0 Å². The number of nitrogens with two attached hydrogens (primary N) is 2. The number of carbonyl (C=O) groups is 22. The number of ketones is 2. The second-order valence-electron chi connectivity index (χ2n) is 36.3. The molecule has 46 heteroatoms. The number of aliphatic carboxylic acids is 4. The first-order chi connectivity index (χ1) is 64.6. The van der Waals surface area contributed by atoms with Crippen LogP contribution in [0.25, 0.3) is 10.8 Å². The van der Waals surface area contributed by atoms with E-state index < -0.39 is 313 Å². The lowest BCUT2D eigenvalue weighted by molar-refractivity contribution is -0.142. The van der Waals surface area contributed by atoms with Crippen molar-refractivity contribution in [3.63, 3.8) is 0 Å². The molecular weight excluding hydrogens is 1850 g/mol. The Kier molecular flexibility index (Phi) is 38.0. The zero-order valence-corrected chi connectivity index (χ0v) is 78.7. The third-order valence-electron chi connectivity index (χ3n) is 24.5. The maximum Gasteiger partial charge on any atom is 0.305 e. The zero-order chi connectivity index (χ0) is 101. The Hall–Kier alpha value is -13.3. The molecule has 7 aliphatic rings. The van der Waals surface area contributed by atoms with Gasteiger partial charge >= 0.3 is 23.9 Å². The molecule has 43 nitrogen and oxygen atoms in total. The quantitative estimate of drug-likeness (QED) is 0.0433. The first-order valence-corrected chi connectivity index (χ1v) is 47.8. The van der Waals surface area contributed by atoms with Gasteiger partial charge in [0.15, 0.2) is 11.6 Å². The second-order valence-corrected chi connectivity index (χ2v) is 39.4. The van der Waals surface area contributed by atoms with Crippen molar-refractivity contribution in [1.29, 1.82) is 0 Å². The van der Waals surface area contributed by atoms with Crippen LogP contribution in [0.3, 0.4) is 0 Å². The summed E-state index contributed by atoms with van der Waals surface area (Å²) in [6, 6.07) is 4.33. The third kappa shape index (κ3) is 30.4. The molecular formula is C91H116N16O27S3. The molecule has 7 heterocycles. The Labute approximate surface area is 799 Å². The van der Waals surface area contributed by atoms with Crippen molar-refractivity contribution in [2.24, 2.45) is 45.5 Å². The van der Waals surface area contributed by atoms with Gasteiger partial charge in [-0.2, -0.15) is 23.5 Å². The van der Waals surface area contributed by atoms with Gasteiger partial charge in [-0.15, -0.1) is 11.8 Å². The monoisotopic (exact) mass is 1960 g/mol. The number of hydrogen-bond donors (Lipinski definition) is 18. The number of nitrogens with zero attached hydrogens (tertiary/aromatic N) is 3. The van der Waals surface area contributed by atoms with Crippen LogP contribution in [0, 0.1) is 34.0 Å². The van der Waals surface area contributed by atoms with Gasteiger partial charge in [0, 0.05) is 118 Å². The average molecular weight is 1960 g/mol. The molecule has 2 unspecified atom stereocenters. The maximum absolute atomic E-state index is 15.3. The normalized spacial score (nSPS) is 27.4. The summed E-state index contributed by atoms with van der Waals surface area (Å²) < 4.78 is 0. The Bertz CT molecular complexity index is 5250. The van der Waals surface area contributed by atoms with E-state index in [1.165, 1.54) is 80.8 Å². The minimum Gasteiger partial charge on any atom is -0.508 e. The maximum atomic E-state index is 15.3. The number of carboxylic acids is 4. The molecule has 7 saturated heterocycles. The zero-order valence-electron chi connectivity index (χ0n) is 76.2. The van der Waals surface area contributed by atoms with Crippen molar-refractivity contribution < 1.29 is 131 Å². The summed E-state index contributed by atoms with van der Waals surface area (Å²) in [5.41, 5.74) is 9.14. The number of carboxylic acid groups (broad SMARTS) is 4. The number of amides is 16. The van der Waals surface area contributed by atoms with Crippen LogP contribution >= 0.6 is 35.3 Å². The number of carbonyl (C=O) groups excluding carboxylic acids is 18. The molecule has 6 bridgehead atoms. The van der Waals surface area contributed by atoms with Gasteiger partial charge in [0.05, 0.1) is 54.5 Å². The van der Waals surface area contributed by atoms with E-state index in [9.17, 15) is 107 Å². The predicted molar refractivity (Wildman–Crippen MR) is 495 cm³/mol. The Morgan fingerprint density at radius 1 is 0.401 bits per heavy atom. The highest BCUT2D eigenvalue weighted by Gasteiger charge is 2.69. The van der Waals surface area contributed by atoms with Crippen LogP contribution in [-0.4, -0.2) is 310 Å².